The van der Waals surface area contributed by atoms with E-state index in [0.717, 1.165) is 25.0 Å². The van der Waals surface area contributed by atoms with Gasteiger partial charge in [-0.15, -0.1) is 0 Å². The van der Waals surface area contributed by atoms with Gasteiger partial charge in [-0.1, -0.05) is 120 Å². The maximum atomic E-state index is 6.11. The first-order chi connectivity index (χ1) is 13.8. The molecule has 0 spiro atoms. The van der Waals surface area contributed by atoms with Gasteiger partial charge >= 0.3 is 0 Å². The fraction of sp³-hybridized carbons (Fsp3) is 1.00. The molecule has 0 aromatic heterocycles. The Bertz CT molecular complexity index is 230. The molecule has 170 valence electrons. The Morgan fingerprint density at radius 3 is 1.36 bits per heavy atom. The van der Waals surface area contributed by atoms with Crippen molar-refractivity contribution in [3.8, 4) is 0 Å². The van der Waals surface area contributed by atoms with Gasteiger partial charge in [0.25, 0.3) is 0 Å². The lowest BCUT2D eigenvalue weighted by molar-refractivity contribution is -0.148. The van der Waals surface area contributed by atoms with Crippen LogP contribution in [0.1, 0.15) is 136 Å². The monoisotopic (exact) mass is 462 g/mol. The van der Waals surface area contributed by atoms with Gasteiger partial charge in [0.15, 0.2) is 6.29 Å². The third-order valence-electron chi connectivity index (χ3n) is 5.43. The summed E-state index contributed by atoms with van der Waals surface area (Å²) in [5.41, 5.74) is 0. The van der Waals surface area contributed by atoms with Crippen molar-refractivity contribution < 1.29 is 9.47 Å². The lowest BCUT2D eigenvalue weighted by Gasteiger charge is -2.19. The Balaban J connectivity index is 3.80. The van der Waals surface area contributed by atoms with Crippen molar-refractivity contribution >= 4 is 15.9 Å². The van der Waals surface area contributed by atoms with Gasteiger partial charge in [-0.3, -0.25) is 0 Å². The lowest BCUT2D eigenvalue weighted by Crippen LogP contribution is -2.19. The van der Waals surface area contributed by atoms with Crippen LogP contribution in [0.25, 0.3) is 0 Å². The number of ether oxygens (including phenoxy) is 2. The number of hydrogen-bond donors (Lipinski definition) is 0. The summed E-state index contributed by atoms with van der Waals surface area (Å²) in [6.45, 7) is 6.30. The number of unbranched alkanes of at least 4 members (excludes halogenated alkanes) is 15. The lowest BCUT2D eigenvalue weighted by atomic mass is 10.1. The second-order valence-electron chi connectivity index (χ2n) is 8.31. The third-order valence-corrected chi connectivity index (χ3v) is 5.99. The third kappa shape index (κ3) is 22.7. The summed E-state index contributed by atoms with van der Waals surface area (Å²) >= 11 is 3.51. The quantitative estimate of drug-likeness (QED) is 0.0807. The SMILES string of the molecule is CCCCCCCCOC(CCCCCCCCBr)OCCCCCCCC. The summed E-state index contributed by atoms with van der Waals surface area (Å²) in [5, 5.41) is 1.15. The Morgan fingerprint density at radius 1 is 0.500 bits per heavy atom. The highest BCUT2D eigenvalue weighted by molar-refractivity contribution is 9.09. The normalized spacial score (nSPS) is 11.6. The molecule has 0 N–H and O–H groups in total. The molecule has 0 atom stereocenters. The molecule has 0 bridgehead atoms. The van der Waals surface area contributed by atoms with E-state index in [2.05, 4.69) is 29.8 Å². The Labute approximate surface area is 186 Å². The topological polar surface area (TPSA) is 18.5 Å². The first kappa shape index (κ1) is 28.4. The van der Waals surface area contributed by atoms with Crippen molar-refractivity contribution in [2.24, 2.45) is 0 Å². The summed E-state index contributed by atoms with van der Waals surface area (Å²) in [5.74, 6) is 0. The molecule has 0 aliphatic rings. The maximum Gasteiger partial charge on any atom is 0.157 e. The predicted molar refractivity (Wildman–Crippen MR) is 129 cm³/mol. The van der Waals surface area contributed by atoms with Gasteiger partial charge in [0.1, 0.15) is 0 Å². The Kier molecular flexibility index (Phi) is 25.8. The van der Waals surface area contributed by atoms with Crippen LogP contribution in [0.15, 0.2) is 0 Å². The van der Waals surface area contributed by atoms with Gasteiger partial charge in [0.05, 0.1) is 0 Å². The molecule has 0 heterocycles. The average molecular weight is 464 g/mol. The number of halogens is 1. The van der Waals surface area contributed by atoms with Gasteiger partial charge in [0, 0.05) is 18.5 Å². The van der Waals surface area contributed by atoms with Gasteiger partial charge < -0.3 is 9.47 Å². The zero-order chi connectivity index (χ0) is 20.5. The minimum Gasteiger partial charge on any atom is -0.353 e. The number of hydrogen-bond acceptors (Lipinski definition) is 2. The van der Waals surface area contributed by atoms with Crippen molar-refractivity contribution in [3.63, 3.8) is 0 Å². The van der Waals surface area contributed by atoms with Crippen molar-refractivity contribution in [2.45, 2.75) is 142 Å². The van der Waals surface area contributed by atoms with Crippen LogP contribution in [0.2, 0.25) is 0 Å². The van der Waals surface area contributed by atoms with Gasteiger partial charge in [0.2, 0.25) is 0 Å². The zero-order valence-corrected chi connectivity index (χ0v) is 20.9. The van der Waals surface area contributed by atoms with Gasteiger partial charge in [-0.05, 0) is 32.1 Å². The molecule has 0 amide bonds. The number of alkyl halides is 1. The van der Waals surface area contributed by atoms with E-state index in [4.69, 9.17) is 9.47 Å². The van der Waals surface area contributed by atoms with E-state index in [1.165, 1.54) is 116 Å². The molecule has 0 fully saturated rings. The van der Waals surface area contributed by atoms with Crippen LogP contribution >= 0.6 is 15.9 Å². The molecule has 0 unspecified atom stereocenters. The number of rotatable bonds is 24. The summed E-state index contributed by atoms with van der Waals surface area (Å²) in [4.78, 5) is 0. The fourth-order valence-electron chi connectivity index (χ4n) is 3.52. The Morgan fingerprint density at radius 2 is 0.893 bits per heavy atom. The van der Waals surface area contributed by atoms with Crippen LogP contribution in [-0.4, -0.2) is 24.8 Å². The maximum absolute atomic E-state index is 6.11. The van der Waals surface area contributed by atoms with E-state index >= 15 is 0 Å². The highest BCUT2D eigenvalue weighted by Gasteiger charge is 2.09. The second-order valence-corrected chi connectivity index (χ2v) is 9.10. The largest absolute Gasteiger partial charge is 0.353 e. The molecule has 0 aromatic carbocycles. The van der Waals surface area contributed by atoms with E-state index in [9.17, 15) is 0 Å². The van der Waals surface area contributed by atoms with Crippen LogP contribution < -0.4 is 0 Å². The summed E-state index contributed by atoms with van der Waals surface area (Å²) in [7, 11) is 0. The molecule has 2 nitrogen and oxygen atoms in total. The molecule has 3 heteroatoms. The smallest absolute Gasteiger partial charge is 0.157 e. The van der Waals surface area contributed by atoms with E-state index in [1.807, 2.05) is 0 Å². The molecule has 0 radical (unpaired) electrons. The molecular formula is C25H51BrO2. The molecule has 28 heavy (non-hydrogen) atoms. The van der Waals surface area contributed by atoms with Crippen molar-refractivity contribution in [3.05, 3.63) is 0 Å². The Hall–Kier alpha value is 0.400. The zero-order valence-electron chi connectivity index (χ0n) is 19.3. The highest BCUT2D eigenvalue weighted by atomic mass is 79.9. The van der Waals surface area contributed by atoms with Gasteiger partial charge in [-0.2, -0.15) is 0 Å². The van der Waals surface area contributed by atoms with E-state index < -0.39 is 0 Å². The first-order valence-electron chi connectivity index (χ1n) is 12.6. The standard InChI is InChI=1S/C25H51BrO2/c1-3-5-7-9-15-19-23-27-25(21-17-13-11-12-14-18-22-26)28-24-20-16-10-8-6-4-2/h25H,3-24H2,1-2H3. The van der Waals surface area contributed by atoms with Crippen LogP contribution in [0.4, 0.5) is 0 Å². The fourth-order valence-corrected chi connectivity index (χ4v) is 3.92. The second kappa shape index (κ2) is 25.4. The van der Waals surface area contributed by atoms with Crippen LogP contribution in [0.5, 0.6) is 0 Å². The van der Waals surface area contributed by atoms with Crippen molar-refractivity contribution in [1.29, 1.82) is 0 Å². The molecule has 0 aliphatic heterocycles. The molecule has 0 saturated carbocycles. The van der Waals surface area contributed by atoms with Crippen molar-refractivity contribution in [2.75, 3.05) is 18.5 Å². The predicted octanol–water partition coefficient (Wildman–Crippen LogP) is 9.19. The molecular weight excluding hydrogens is 412 g/mol. The van der Waals surface area contributed by atoms with Crippen molar-refractivity contribution in [1.82, 2.24) is 0 Å². The molecule has 0 saturated heterocycles. The first-order valence-corrected chi connectivity index (χ1v) is 13.8. The van der Waals surface area contributed by atoms with Crippen LogP contribution in [-0.2, 0) is 9.47 Å². The minimum absolute atomic E-state index is 0.0359. The van der Waals surface area contributed by atoms with Crippen LogP contribution in [0.3, 0.4) is 0 Å². The molecule has 0 aliphatic carbocycles. The van der Waals surface area contributed by atoms with E-state index in [-0.39, 0.29) is 6.29 Å². The summed E-state index contributed by atoms with van der Waals surface area (Å²) in [6.07, 6.45) is 24.9. The summed E-state index contributed by atoms with van der Waals surface area (Å²) < 4.78 is 12.2. The molecule has 0 aromatic rings. The van der Waals surface area contributed by atoms with Crippen LogP contribution in [0, 0.1) is 0 Å². The summed E-state index contributed by atoms with van der Waals surface area (Å²) in [6, 6.07) is 0. The molecule has 0 rings (SSSR count). The van der Waals surface area contributed by atoms with Gasteiger partial charge in [-0.25, -0.2) is 0 Å². The van der Waals surface area contributed by atoms with E-state index in [0.29, 0.717) is 0 Å². The average Bonchev–Trinajstić information content (AvgIpc) is 2.71. The minimum atomic E-state index is 0.0359. The highest BCUT2D eigenvalue weighted by Crippen LogP contribution is 2.14. The van der Waals surface area contributed by atoms with E-state index in [1.54, 1.807) is 0 Å².